The van der Waals surface area contributed by atoms with Gasteiger partial charge in [0.05, 0.1) is 0 Å². The molecule has 2 amide bonds. The van der Waals surface area contributed by atoms with Gasteiger partial charge < -0.3 is 5.41 Å². The van der Waals surface area contributed by atoms with Gasteiger partial charge in [0.2, 0.25) is 0 Å². The Labute approximate surface area is 92.0 Å². The van der Waals surface area contributed by atoms with E-state index in [9.17, 15) is 18.0 Å². The minimum atomic E-state index is -4.35. The van der Waals surface area contributed by atoms with E-state index in [4.69, 9.17) is 9.96 Å². The Balaban J connectivity index is 2.61. The molecule has 0 radical (unpaired) electrons. The number of rotatable bonds is 5. The smallest absolute Gasteiger partial charge is 0.272 e. The van der Waals surface area contributed by atoms with Crippen molar-refractivity contribution >= 4 is 28.1 Å². The number of imide groups is 1. The van der Waals surface area contributed by atoms with Crippen LogP contribution in [0.25, 0.3) is 0 Å². The van der Waals surface area contributed by atoms with Crippen molar-refractivity contribution in [3.63, 3.8) is 0 Å². The predicted octanol–water partition coefficient (Wildman–Crippen LogP) is -0.793. The zero-order chi connectivity index (χ0) is 12.3. The third-order valence-corrected chi connectivity index (χ3v) is 3.24. The molecule has 0 aromatic rings. The molecule has 0 fully saturated rings. The van der Waals surface area contributed by atoms with Gasteiger partial charge in [0, 0.05) is 24.9 Å². The minimum Gasteiger partial charge on any atom is -0.312 e. The predicted molar refractivity (Wildman–Crippen MR) is 54.6 cm³/mol. The second kappa shape index (κ2) is 4.54. The maximum absolute atomic E-state index is 11.1. The highest BCUT2D eigenvalue weighted by atomic mass is 32.2. The maximum atomic E-state index is 11.1. The summed E-state index contributed by atoms with van der Waals surface area (Å²) >= 11 is 0. The van der Waals surface area contributed by atoms with Crippen molar-refractivity contribution in [2.75, 3.05) is 6.54 Å². The van der Waals surface area contributed by atoms with Crippen LogP contribution in [0.4, 0.5) is 0 Å². The molecule has 2 N–H and O–H groups in total. The van der Waals surface area contributed by atoms with E-state index in [0.29, 0.717) is 6.21 Å². The summed E-state index contributed by atoms with van der Waals surface area (Å²) in [5.74, 6) is -1.05. The van der Waals surface area contributed by atoms with Crippen molar-refractivity contribution in [1.29, 1.82) is 5.41 Å². The van der Waals surface area contributed by atoms with Gasteiger partial charge in [-0.1, -0.05) is 0 Å². The lowest BCUT2D eigenvalue weighted by Gasteiger charge is -2.15. The summed E-state index contributed by atoms with van der Waals surface area (Å²) in [6.07, 6.45) is 2.53. The Hall–Kier alpha value is -1.54. The number of nitrogens with zero attached hydrogens (tertiary/aromatic N) is 1. The number of hydrogen-bond acceptors (Lipinski definition) is 5. The highest BCUT2D eigenvalue weighted by Gasteiger charge is 2.27. The van der Waals surface area contributed by atoms with Gasteiger partial charge in [0.25, 0.3) is 21.9 Å². The molecule has 1 heterocycles. The molecule has 0 aliphatic carbocycles. The van der Waals surface area contributed by atoms with Gasteiger partial charge in [-0.3, -0.25) is 19.0 Å². The van der Waals surface area contributed by atoms with Crippen LogP contribution in [0.1, 0.15) is 6.42 Å². The van der Waals surface area contributed by atoms with E-state index < -0.39 is 27.2 Å². The number of carbonyl (C=O) groups is 2. The molecular formula is C8H10N2O5S. The summed E-state index contributed by atoms with van der Waals surface area (Å²) < 4.78 is 30.2. The SMILES string of the molecule is N=CC(CCN1C(=O)C=CC1=O)S(=O)(=O)O. The molecule has 0 saturated heterocycles. The zero-order valence-corrected chi connectivity index (χ0v) is 8.98. The highest BCUT2D eigenvalue weighted by Crippen LogP contribution is 2.08. The average molecular weight is 246 g/mol. The molecule has 0 aromatic heterocycles. The molecule has 7 nitrogen and oxygen atoms in total. The standard InChI is InChI=1S/C8H10N2O5S/c9-5-6(16(13,14)15)3-4-10-7(11)1-2-8(10)12/h1-2,5-6,9H,3-4H2,(H,13,14,15). The summed E-state index contributed by atoms with van der Waals surface area (Å²) in [6, 6.07) is 0. The Kier molecular flexibility index (Phi) is 3.55. The third-order valence-electron chi connectivity index (χ3n) is 2.11. The van der Waals surface area contributed by atoms with E-state index in [-0.39, 0.29) is 13.0 Å². The first-order valence-electron chi connectivity index (χ1n) is 4.36. The fourth-order valence-corrected chi connectivity index (χ4v) is 1.80. The summed E-state index contributed by atoms with van der Waals surface area (Å²) in [7, 11) is -4.35. The van der Waals surface area contributed by atoms with Crippen LogP contribution in [0.2, 0.25) is 0 Å². The summed E-state index contributed by atoms with van der Waals surface area (Å²) in [4.78, 5) is 23.0. The molecule has 88 valence electrons. The van der Waals surface area contributed by atoms with Crippen LogP contribution in [0, 0.1) is 5.41 Å². The summed E-state index contributed by atoms with van der Waals surface area (Å²) in [6.45, 7) is -0.148. The highest BCUT2D eigenvalue weighted by molar-refractivity contribution is 7.87. The Morgan fingerprint density at radius 3 is 2.25 bits per heavy atom. The van der Waals surface area contributed by atoms with Gasteiger partial charge in [-0.05, 0) is 6.42 Å². The van der Waals surface area contributed by atoms with Gasteiger partial charge in [0.1, 0.15) is 5.25 Å². The number of nitrogens with one attached hydrogen (secondary N) is 1. The summed E-state index contributed by atoms with van der Waals surface area (Å²) in [5.41, 5.74) is 0. The van der Waals surface area contributed by atoms with E-state index in [1.807, 2.05) is 0 Å². The van der Waals surface area contributed by atoms with Crippen molar-refractivity contribution in [3.8, 4) is 0 Å². The first-order valence-corrected chi connectivity index (χ1v) is 5.87. The second-order valence-electron chi connectivity index (χ2n) is 3.17. The van der Waals surface area contributed by atoms with Gasteiger partial charge in [-0.15, -0.1) is 0 Å². The van der Waals surface area contributed by atoms with Crippen LogP contribution in [0.3, 0.4) is 0 Å². The van der Waals surface area contributed by atoms with Crippen molar-refractivity contribution in [2.24, 2.45) is 0 Å². The number of amides is 2. The van der Waals surface area contributed by atoms with Crippen LogP contribution in [0.15, 0.2) is 12.2 Å². The molecule has 1 unspecified atom stereocenters. The quantitative estimate of drug-likeness (QED) is 0.374. The van der Waals surface area contributed by atoms with Crippen LogP contribution in [-0.2, 0) is 19.7 Å². The van der Waals surface area contributed by atoms with Crippen molar-refractivity contribution in [3.05, 3.63) is 12.2 Å². The molecular weight excluding hydrogens is 236 g/mol. The first-order chi connectivity index (χ1) is 7.36. The third kappa shape index (κ3) is 2.74. The molecule has 16 heavy (non-hydrogen) atoms. The van der Waals surface area contributed by atoms with Crippen LogP contribution >= 0.6 is 0 Å². The van der Waals surface area contributed by atoms with Gasteiger partial charge >= 0.3 is 0 Å². The normalized spacial score (nSPS) is 17.9. The fraction of sp³-hybridized carbons (Fsp3) is 0.375. The maximum Gasteiger partial charge on any atom is 0.272 e. The molecule has 0 spiro atoms. The van der Waals surface area contributed by atoms with E-state index in [2.05, 4.69) is 0 Å². The van der Waals surface area contributed by atoms with Gasteiger partial charge in [-0.25, -0.2) is 0 Å². The van der Waals surface area contributed by atoms with Crippen molar-refractivity contribution in [2.45, 2.75) is 11.7 Å². The molecule has 1 aliphatic rings. The molecule has 0 saturated carbocycles. The molecule has 0 bridgehead atoms. The second-order valence-corrected chi connectivity index (χ2v) is 4.81. The molecule has 1 rings (SSSR count). The van der Waals surface area contributed by atoms with Crippen molar-refractivity contribution < 1.29 is 22.6 Å². The number of hydrogen-bond donors (Lipinski definition) is 2. The van der Waals surface area contributed by atoms with Gasteiger partial charge in [0.15, 0.2) is 0 Å². The van der Waals surface area contributed by atoms with Crippen LogP contribution in [0.5, 0.6) is 0 Å². The lowest BCUT2D eigenvalue weighted by Crippen LogP contribution is -2.34. The topological polar surface area (TPSA) is 116 Å². The zero-order valence-electron chi connectivity index (χ0n) is 8.16. The monoisotopic (exact) mass is 246 g/mol. The average Bonchev–Trinajstić information content (AvgIpc) is 2.47. The Morgan fingerprint density at radius 2 is 1.88 bits per heavy atom. The molecule has 8 heteroatoms. The number of carbonyl (C=O) groups excluding carboxylic acids is 2. The van der Waals surface area contributed by atoms with E-state index in [1.165, 1.54) is 0 Å². The lowest BCUT2D eigenvalue weighted by atomic mass is 10.3. The van der Waals surface area contributed by atoms with Crippen molar-refractivity contribution in [1.82, 2.24) is 4.90 Å². The summed E-state index contributed by atoms with van der Waals surface area (Å²) in [5, 5.41) is 5.43. The van der Waals surface area contributed by atoms with E-state index >= 15 is 0 Å². The largest absolute Gasteiger partial charge is 0.312 e. The molecule has 1 atom stereocenters. The van der Waals surface area contributed by atoms with E-state index in [1.54, 1.807) is 0 Å². The molecule has 0 aromatic carbocycles. The van der Waals surface area contributed by atoms with Gasteiger partial charge in [-0.2, -0.15) is 8.42 Å². The van der Waals surface area contributed by atoms with E-state index in [0.717, 1.165) is 17.1 Å². The first kappa shape index (κ1) is 12.5. The lowest BCUT2D eigenvalue weighted by molar-refractivity contribution is -0.136. The van der Waals surface area contributed by atoms with Crippen LogP contribution < -0.4 is 0 Å². The molecule has 1 aliphatic heterocycles. The van der Waals surface area contributed by atoms with Crippen LogP contribution in [-0.4, -0.2) is 47.7 Å². The fourth-order valence-electron chi connectivity index (χ4n) is 1.23. The Morgan fingerprint density at radius 1 is 1.38 bits per heavy atom. The minimum absolute atomic E-state index is 0.148. The Bertz CT molecular complexity index is 435.